The molecule has 30 heavy (non-hydrogen) atoms. The summed E-state index contributed by atoms with van der Waals surface area (Å²) in [6.45, 7) is 7.59. The summed E-state index contributed by atoms with van der Waals surface area (Å²) >= 11 is 0. The van der Waals surface area contributed by atoms with E-state index in [4.69, 9.17) is 0 Å². The molecule has 8 nitrogen and oxygen atoms in total. The molecule has 0 aromatic heterocycles. The zero-order valence-corrected chi connectivity index (χ0v) is 17.2. The third kappa shape index (κ3) is 4.12. The number of nitrogens with zero attached hydrogens (tertiary/aromatic N) is 3. The number of nitro groups is 2. The average Bonchev–Trinajstić information content (AvgIpc) is 2.68. The maximum atomic E-state index is 11.8. The molecule has 0 aliphatic carbocycles. The molecule has 0 atom stereocenters. The monoisotopic (exact) mass is 406 g/mol. The van der Waals surface area contributed by atoms with Crippen LogP contribution in [0.1, 0.15) is 30.5 Å². The summed E-state index contributed by atoms with van der Waals surface area (Å²) in [6, 6.07) is 12.0. The Hall–Kier alpha value is -3.81. The molecule has 3 aromatic rings. The van der Waals surface area contributed by atoms with Crippen LogP contribution in [0.5, 0.6) is 0 Å². The summed E-state index contributed by atoms with van der Waals surface area (Å²) < 4.78 is 0. The molecule has 0 amide bonds. The Balaban J connectivity index is 2.30. The molecule has 1 N–H and O–H groups in total. The summed E-state index contributed by atoms with van der Waals surface area (Å²) in [4.78, 5) is 26.2. The highest BCUT2D eigenvalue weighted by molar-refractivity contribution is 6.02. The third-order valence-corrected chi connectivity index (χ3v) is 4.76. The van der Waals surface area contributed by atoms with Gasteiger partial charge in [0.25, 0.3) is 11.4 Å². The molecule has 0 radical (unpaired) electrons. The Labute approximate surface area is 173 Å². The van der Waals surface area contributed by atoms with Crippen molar-refractivity contribution in [2.45, 2.75) is 33.7 Å². The van der Waals surface area contributed by atoms with Crippen LogP contribution in [0.15, 0.2) is 47.5 Å². The van der Waals surface area contributed by atoms with Crippen molar-refractivity contribution >= 4 is 39.7 Å². The first-order valence-corrected chi connectivity index (χ1v) is 9.45. The molecule has 0 aliphatic rings. The van der Waals surface area contributed by atoms with Crippen LogP contribution in [0, 0.1) is 34.1 Å². The van der Waals surface area contributed by atoms with Crippen LogP contribution in [-0.2, 0) is 0 Å². The van der Waals surface area contributed by atoms with Crippen molar-refractivity contribution in [1.29, 1.82) is 0 Å². The summed E-state index contributed by atoms with van der Waals surface area (Å²) in [7, 11) is 0. The number of nitro benzene ring substituents is 2. The van der Waals surface area contributed by atoms with E-state index < -0.39 is 9.85 Å². The minimum absolute atomic E-state index is 0.0716. The lowest BCUT2D eigenvalue weighted by Crippen LogP contribution is -2.05. The number of benzene rings is 3. The van der Waals surface area contributed by atoms with Crippen LogP contribution in [0.3, 0.4) is 0 Å². The lowest BCUT2D eigenvalue weighted by atomic mass is 9.99. The summed E-state index contributed by atoms with van der Waals surface area (Å²) in [5, 5.41) is 28.3. The number of non-ortho nitro benzene ring substituents is 1. The molecule has 0 saturated heterocycles. The SMILES string of the molecule is Cc1ccc2cccc(C)c2c1Nc1c(C=NC(C)C)cc([N+](=O)[O-])cc1[N+](=O)[O-]. The van der Waals surface area contributed by atoms with E-state index in [1.165, 1.54) is 12.3 Å². The fourth-order valence-electron chi connectivity index (χ4n) is 3.30. The Morgan fingerprint density at radius 3 is 2.33 bits per heavy atom. The van der Waals surface area contributed by atoms with Crippen LogP contribution in [0.2, 0.25) is 0 Å². The largest absolute Gasteiger partial charge is 0.349 e. The van der Waals surface area contributed by atoms with Gasteiger partial charge in [-0.25, -0.2) is 0 Å². The molecule has 8 heteroatoms. The standard InChI is InChI=1S/C22H22N4O4/c1-13(2)23-12-17-10-18(25(27)28)11-19(26(29)30)22(17)24-21-15(4)8-9-16-7-5-6-14(3)20(16)21/h5-13,24H,1-4H3. The number of nitrogens with one attached hydrogen (secondary N) is 1. The van der Waals surface area contributed by atoms with Gasteiger partial charge in [0, 0.05) is 35.0 Å². The van der Waals surface area contributed by atoms with E-state index in [0.29, 0.717) is 0 Å². The fourth-order valence-corrected chi connectivity index (χ4v) is 3.30. The maximum absolute atomic E-state index is 11.8. The first-order valence-electron chi connectivity index (χ1n) is 9.45. The van der Waals surface area contributed by atoms with Gasteiger partial charge in [-0.3, -0.25) is 25.2 Å². The predicted molar refractivity (Wildman–Crippen MR) is 119 cm³/mol. The van der Waals surface area contributed by atoms with Crippen LogP contribution < -0.4 is 5.32 Å². The second-order valence-electron chi connectivity index (χ2n) is 7.37. The Kier molecular flexibility index (Phi) is 5.77. The Bertz CT molecular complexity index is 1190. The van der Waals surface area contributed by atoms with E-state index >= 15 is 0 Å². The molecule has 0 bridgehead atoms. The predicted octanol–water partition coefficient (Wildman–Crippen LogP) is 5.84. The molecule has 0 unspecified atom stereocenters. The minimum atomic E-state index is -0.642. The van der Waals surface area contributed by atoms with E-state index in [0.717, 1.165) is 33.7 Å². The quantitative estimate of drug-likeness (QED) is 0.314. The van der Waals surface area contributed by atoms with Gasteiger partial charge in [0.1, 0.15) is 5.69 Å². The van der Waals surface area contributed by atoms with Crippen molar-refractivity contribution in [3.8, 4) is 0 Å². The zero-order chi connectivity index (χ0) is 22.0. The Morgan fingerprint density at radius 1 is 0.967 bits per heavy atom. The molecule has 3 rings (SSSR count). The van der Waals surface area contributed by atoms with Crippen LogP contribution in [0.4, 0.5) is 22.7 Å². The van der Waals surface area contributed by atoms with Crippen molar-refractivity contribution in [2.24, 2.45) is 4.99 Å². The van der Waals surface area contributed by atoms with Crippen molar-refractivity contribution in [3.63, 3.8) is 0 Å². The van der Waals surface area contributed by atoms with E-state index in [2.05, 4.69) is 10.3 Å². The summed E-state index contributed by atoms with van der Waals surface area (Å²) in [5.74, 6) is 0. The number of hydrogen-bond donors (Lipinski definition) is 1. The smallest absolute Gasteiger partial charge is 0.300 e. The number of anilines is 2. The van der Waals surface area contributed by atoms with Crippen molar-refractivity contribution in [3.05, 3.63) is 79.4 Å². The van der Waals surface area contributed by atoms with Gasteiger partial charge in [-0.15, -0.1) is 0 Å². The van der Waals surface area contributed by atoms with Crippen molar-refractivity contribution in [2.75, 3.05) is 5.32 Å². The molecule has 0 aliphatic heterocycles. The first kappa shape index (κ1) is 20.9. The number of rotatable bonds is 6. The first-order chi connectivity index (χ1) is 14.2. The molecular formula is C22H22N4O4. The van der Waals surface area contributed by atoms with Gasteiger partial charge in [-0.2, -0.15) is 0 Å². The second-order valence-corrected chi connectivity index (χ2v) is 7.37. The number of aliphatic imine (C=N–C) groups is 1. The van der Waals surface area contributed by atoms with Crippen LogP contribution in [0.25, 0.3) is 10.8 Å². The van der Waals surface area contributed by atoms with E-state index in [1.807, 2.05) is 58.0 Å². The minimum Gasteiger partial charge on any atom is -0.349 e. The van der Waals surface area contributed by atoms with Gasteiger partial charge < -0.3 is 5.32 Å². The molecular weight excluding hydrogens is 384 g/mol. The maximum Gasteiger partial charge on any atom is 0.300 e. The molecule has 0 spiro atoms. The van der Waals surface area contributed by atoms with Gasteiger partial charge in [-0.05, 0) is 44.2 Å². The highest BCUT2D eigenvalue weighted by atomic mass is 16.6. The van der Waals surface area contributed by atoms with Gasteiger partial charge in [0.05, 0.1) is 15.9 Å². The lowest BCUT2D eigenvalue weighted by molar-refractivity contribution is -0.393. The molecule has 0 fully saturated rings. The Morgan fingerprint density at radius 2 is 1.70 bits per heavy atom. The zero-order valence-electron chi connectivity index (χ0n) is 17.2. The number of fused-ring (bicyclic) bond motifs is 1. The summed E-state index contributed by atoms with van der Waals surface area (Å²) in [5.41, 5.74) is 2.37. The molecule has 154 valence electrons. The molecule has 0 heterocycles. The van der Waals surface area contributed by atoms with Gasteiger partial charge in [0.15, 0.2) is 0 Å². The molecule has 3 aromatic carbocycles. The fraction of sp³-hybridized carbons (Fsp3) is 0.227. The van der Waals surface area contributed by atoms with Gasteiger partial charge >= 0.3 is 0 Å². The normalized spacial score (nSPS) is 11.4. The summed E-state index contributed by atoms with van der Waals surface area (Å²) in [6.07, 6.45) is 1.44. The van der Waals surface area contributed by atoms with Crippen LogP contribution in [-0.4, -0.2) is 22.1 Å². The molecule has 0 saturated carbocycles. The van der Waals surface area contributed by atoms with E-state index in [1.54, 1.807) is 0 Å². The van der Waals surface area contributed by atoms with Gasteiger partial charge in [0.2, 0.25) is 0 Å². The highest BCUT2D eigenvalue weighted by Gasteiger charge is 2.25. The number of aryl methyl sites for hydroxylation is 2. The highest BCUT2D eigenvalue weighted by Crippen LogP contribution is 2.38. The second kappa shape index (κ2) is 8.28. The van der Waals surface area contributed by atoms with E-state index in [9.17, 15) is 20.2 Å². The van der Waals surface area contributed by atoms with Crippen LogP contribution >= 0.6 is 0 Å². The number of hydrogen-bond acceptors (Lipinski definition) is 6. The topological polar surface area (TPSA) is 111 Å². The average molecular weight is 406 g/mol. The van der Waals surface area contributed by atoms with E-state index in [-0.39, 0.29) is 28.7 Å². The third-order valence-electron chi connectivity index (χ3n) is 4.76. The van der Waals surface area contributed by atoms with Crippen molar-refractivity contribution < 1.29 is 9.85 Å². The lowest BCUT2D eigenvalue weighted by Gasteiger charge is -2.16. The van der Waals surface area contributed by atoms with Crippen molar-refractivity contribution in [1.82, 2.24) is 0 Å². The van der Waals surface area contributed by atoms with Gasteiger partial charge in [-0.1, -0.05) is 30.3 Å².